The Morgan fingerprint density at radius 3 is 2.60 bits per heavy atom. The third-order valence-corrected chi connectivity index (χ3v) is 4.08. The predicted octanol–water partition coefficient (Wildman–Crippen LogP) is 2.60. The van der Waals surface area contributed by atoms with Crippen molar-refractivity contribution in [1.29, 1.82) is 0 Å². The van der Waals surface area contributed by atoms with E-state index in [1.165, 1.54) is 0 Å². The maximum absolute atomic E-state index is 12.3. The second-order valence-corrected chi connectivity index (χ2v) is 5.77. The molecular weight excluding hydrogens is 322 g/mol. The number of nitrogens with one attached hydrogen (secondary N) is 1. The molecule has 2 aromatic carbocycles. The fourth-order valence-corrected chi connectivity index (χ4v) is 2.74. The number of aryl methyl sites for hydroxylation is 1. The molecule has 0 aliphatic carbocycles. The van der Waals surface area contributed by atoms with Crippen molar-refractivity contribution in [3.8, 4) is 23.0 Å². The van der Waals surface area contributed by atoms with E-state index in [0.29, 0.717) is 18.0 Å². The van der Waals surface area contributed by atoms with Gasteiger partial charge < -0.3 is 24.3 Å². The van der Waals surface area contributed by atoms with Gasteiger partial charge >= 0.3 is 0 Å². The normalized spacial score (nSPS) is 12.0. The Labute approximate surface area is 146 Å². The summed E-state index contributed by atoms with van der Waals surface area (Å²) < 4.78 is 21.3. The largest absolute Gasteiger partial charge is 0.496 e. The predicted molar refractivity (Wildman–Crippen MR) is 92.4 cm³/mol. The van der Waals surface area contributed by atoms with Crippen LogP contribution in [0.5, 0.6) is 23.0 Å². The molecule has 1 aliphatic heterocycles. The number of hydrogen-bond acceptors (Lipinski definition) is 5. The first-order valence-corrected chi connectivity index (χ1v) is 7.97. The Morgan fingerprint density at radius 2 is 1.84 bits per heavy atom. The highest BCUT2D eigenvalue weighted by atomic mass is 16.7. The Hall–Kier alpha value is -2.89. The van der Waals surface area contributed by atoms with Crippen molar-refractivity contribution < 1.29 is 23.7 Å². The van der Waals surface area contributed by atoms with Crippen molar-refractivity contribution in [3.05, 3.63) is 47.0 Å². The average Bonchev–Trinajstić information content (AvgIpc) is 3.08. The van der Waals surface area contributed by atoms with Crippen LogP contribution in [0, 0.1) is 6.92 Å². The molecule has 0 unspecified atom stereocenters. The lowest BCUT2D eigenvalue weighted by Crippen LogP contribution is -2.24. The van der Waals surface area contributed by atoms with E-state index >= 15 is 0 Å². The molecule has 6 nitrogen and oxygen atoms in total. The van der Waals surface area contributed by atoms with E-state index in [1.807, 2.05) is 37.3 Å². The molecule has 2 aromatic rings. The van der Waals surface area contributed by atoms with Gasteiger partial charge in [-0.2, -0.15) is 0 Å². The first-order chi connectivity index (χ1) is 12.1. The van der Waals surface area contributed by atoms with Crippen LogP contribution in [0.1, 0.15) is 16.7 Å². The molecule has 1 aliphatic rings. The fraction of sp³-hybridized carbons (Fsp3) is 0.316. The van der Waals surface area contributed by atoms with E-state index in [1.54, 1.807) is 14.2 Å². The third-order valence-electron chi connectivity index (χ3n) is 4.08. The molecule has 132 valence electrons. The first kappa shape index (κ1) is 17.0. The lowest BCUT2D eigenvalue weighted by molar-refractivity contribution is -0.120. The topological polar surface area (TPSA) is 66.0 Å². The smallest absolute Gasteiger partial charge is 0.231 e. The minimum Gasteiger partial charge on any atom is -0.496 e. The summed E-state index contributed by atoms with van der Waals surface area (Å²) in [5, 5.41) is 2.91. The summed E-state index contributed by atoms with van der Waals surface area (Å²) in [6, 6.07) is 9.34. The van der Waals surface area contributed by atoms with Crippen LogP contribution < -0.4 is 24.3 Å². The molecular formula is C19H21NO5. The van der Waals surface area contributed by atoms with Gasteiger partial charge in [-0.05, 0) is 42.3 Å². The Morgan fingerprint density at radius 1 is 1.08 bits per heavy atom. The summed E-state index contributed by atoms with van der Waals surface area (Å²) in [5.41, 5.74) is 2.70. The minimum absolute atomic E-state index is 0.0955. The first-order valence-electron chi connectivity index (χ1n) is 7.97. The minimum atomic E-state index is -0.0955. The molecule has 0 atom stereocenters. The number of methoxy groups -OCH3 is 2. The summed E-state index contributed by atoms with van der Waals surface area (Å²) in [6.07, 6.45) is 0.213. The average molecular weight is 343 g/mol. The number of carbonyl (C=O) groups is 1. The van der Waals surface area contributed by atoms with Crippen LogP contribution in [0.3, 0.4) is 0 Å². The number of rotatable bonds is 6. The molecule has 0 spiro atoms. The van der Waals surface area contributed by atoms with Gasteiger partial charge in [-0.15, -0.1) is 0 Å². The molecule has 0 fully saturated rings. The summed E-state index contributed by atoms with van der Waals surface area (Å²) in [4.78, 5) is 12.3. The summed E-state index contributed by atoms with van der Waals surface area (Å²) >= 11 is 0. The zero-order valence-corrected chi connectivity index (χ0v) is 14.5. The summed E-state index contributed by atoms with van der Waals surface area (Å²) in [5.74, 6) is 2.75. The molecule has 1 N–H and O–H groups in total. The zero-order valence-electron chi connectivity index (χ0n) is 14.5. The second-order valence-electron chi connectivity index (χ2n) is 5.77. The van der Waals surface area contributed by atoms with Crippen molar-refractivity contribution in [2.45, 2.75) is 19.9 Å². The van der Waals surface area contributed by atoms with Gasteiger partial charge in [0.25, 0.3) is 0 Å². The van der Waals surface area contributed by atoms with Crippen LogP contribution >= 0.6 is 0 Å². The Kier molecular flexibility index (Phi) is 4.97. The quantitative estimate of drug-likeness (QED) is 0.873. The highest BCUT2D eigenvalue weighted by Crippen LogP contribution is 2.32. The van der Waals surface area contributed by atoms with E-state index < -0.39 is 0 Å². The zero-order chi connectivity index (χ0) is 17.8. The van der Waals surface area contributed by atoms with Gasteiger partial charge in [-0.3, -0.25) is 4.79 Å². The maximum atomic E-state index is 12.3. The van der Waals surface area contributed by atoms with Gasteiger partial charge in [0.05, 0.1) is 20.6 Å². The van der Waals surface area contributed by atoms with Crippen molar-refractivity contribution in [3.63, 3.8) is 0 Å². The van der Waals surface area contributed by atoms with Gasteiger partial charge in [-0.25, -0.2) is 0 Å². The molecule has 1 amide bonds. The van der Waals surface area contributed by atoms with E-state index in [9.17, 15) is 4.79 Å². The number of hydrogen-bond donors (Lipinski definition) is 1. The molecule has 0 aromatic heterocycles. The molecule has 6 heteroatoms. The SMILES string of the molecule is COc1cc(CC(=O)NCc2ccc3c(c2)OCO3)c(OC)cc1C. The van der Waals surface area contributed by atoms with Gasteiger partial charge in [0.1, 0.15) is 11.5 Å². The van der Waals surface area contributed by atoms with Gasteiger partial charge in [0.2, 0.25) is 12.7 Å². The number of amides is 1. The number of ether oxygens (including phenoxy) is 4. The summed E-state index contributed by atoms with van der Waals surface area (Å²) in [7, 11) is 3.20. The number of carbonyl (C=O) groups excluding carboxylic acids is 1. The number of benzene rings is 2. The monoisotopic (exact) mass is 343 g/mol. The Balaban J connectivity index is 1.64. The fourth-order valence-electron chi connectivity index (χ4n) is 2.74. The second kappa shape index (κ2) is 7.34. The highest BCUT2D eigenvalue weighted by molar-refractivity contribution is 5.79. The van der Waals surface area contributed by atoms with E-state index in [2.05, 4.69) is 5.32 Å². The van der Waals surface area contributed by atoms with Crippen LogP contribution in [-0.4, -0.2) is 26.9 Å². The highest BCUT2D eigenvalue weighted by Gasteiger charge is 2.15. The van der Waals surface area contributed by atoms with Crippen LogP contribution in [0.25, 0.3) is 0 Å². The molecule has 0 saturated carbocycles. The van der Waals surface area contributed by atoms with Crippen molar-refractivity contribution in [2.24, 2.45) is 0 Å². The molecule has 0 saturated heterocycles. The maximum Gasteiger partial charge on any atom is 0.231 e. The summed E-state index contributed by atoms with van der Waals surface area (Å²) in [6.45, 7) is 2.59. The van der Waals surface area contributed by atoms with Gasteiger partial charge in [0, 0.05) is 12.1 Å². The Bertz CT molecular complexity index is 788. The van der Waals surface area contributed by atoms with Crippen LogP contribution in [0.4, 0.5) is 0 Å². The van der Waals surface area contributed by atoms with Crippen LogP contribution in [0.15, 0.2) is 30.3 Å². The molecule has 1 heterocycles. The molecule has 0 bridgehead atoms. The van der Waals surface area contributed by atoms with Crippen LogP contribution in [-0.2, 0) is 17.8 Å². The van der Waals surface area contributed by atoms with Crippen LogP contribution in [0.2, 0.25) is 0 Å². The van der Waals surface area contributed by atoms with E-state index in [-0.39, 0.29) is 19.1 Å². The molecule has 3 rings (SSSR count). The third kappa shape index (κ3) is 3.79. The van der Waals surface area contributed by atoms with E-state index in [0.717, 1.165) is 28.2 Å². The molecule has 0 radical (unpaired) electrons. The number of fused-ring (bicyclic) bond motifs is 1. The van der Waals surface area contributed by atoms with Gasteiger partial charge in [-0.1, -0.05) is 6.07 Å². The standard InChI is InChI=1S/C19H21NO5/c1-12-6-17(23-3)14(8-16(12)22-2)9-19(21)20-10-13-4-5-15-18(7-13)25-11-24-15/h4-8H,9-11H2,1-3H3,(H,20,21). The lowest BCUT2D eigenvalue weighted by Gasteiger charge is -2.13. The van der Waals surface area contributed by atoms with Crippen molar-refractivity contribution >= 4 is 5.91 Å². The lowest BCUT2D eigenvalue weighted by atomic mass is 10.1. The molecule has 25 heavy (non-hydrogen) atoms. The van der Waals surface area contributed by atoms with Crippen molar-refractivity contribution in [2.75, 3.05) is 21.0 Å². The van der Waals surface area contributed by atoms with Crippen molar-refractivity contribution in [1.82, 2.24) is 5.32 Å². The van der Waals surface area contributed by atoms with E-state index in [4.69, 9.17) is 18.9 Å². The van der Waals surface area contributed by atoms with Gasteiger partial charge in [0.15, 0.2) is 11.5 Å².